The van der Waals surface area contributed by atoms with Gasteiger partial charge >= 0.3 is 0 Å². The van der Waals surface area contributed by atoms with Crippen molar-refractivity contribution in [2.75, 3.05) is 7.11 Å². The van der Waals surface area contributed by atoms with E-state index in [2.05, 4.69) is 23.3 Å². The van der Waals surface area contributed by atoms with Crippen molar-refractivity contribution in [3.05, 3.63) is 64.6 Å². The molecule has 2 aromatic carbocycles. The predicted molar refractivity (Wildman–Crippen MR) is 99.6 cm³/mol. The summed E-state index contributed by atoms with van der Waals surface area (Å²) in [6.45, 7) is 2.09. The van der Waals surface area contributed by atoms with E-state index in [4.69, 9.17) is 4.74 Å². The molecule has 4 nitrogen and oxygen atoms in total. The number of amidine groups is 1. The molecule has 1 aliphatic heterocycles. The van der Waals surface area contributed by atoms with E-state index in [1.165, 1.54) is 11.8 Å². The standard InChI is InChI=1S/C19H18N2O2S/c1-3-14-6-4-5-7-16(14)20-19-21-18(22)17(24-19)12-13-8-10-15(23-2)11-9-13/h4-12H,3H2,1-2H3,(H,20,21,22)/b17-12-. The fraction of sp³-hybridized carbons (Fsp3) is 0.158. The average Bonchev–Trinajstić information content (AvgIpc) is 2.95. The number of ether oxygens (including phenoxy) is 1. The third-order valence-electron chi connectivity index (χ3n) is 3.66. The summed E-state index contributed by atoms with van der Waals surface area (Å²) >= 11 is 1.36. The number of hydrogen-bond acceptors (Lipinski definition) is 4. The van der Waals surface area contributed by atoms with Crippen LogP contribution in [0.1, 0.15) is 18.1 Å². The second-order valence-electron chi connectivity index (χ2n) is 5.24. The average molecular weight is 338 g/mol. The summed E-state index contributed by atoms with van der Waals surface area (Å²) in [4.78, 5) is 17.4. The highest BCUT2D eigenvalue weighted by Crippen LogP contribution is 2.29. The largest absolute Gasteiger partial charge is 0.497 e. The van der Waals surface area contributed by atoms with Gasteiger partial charge in [0, 0.05) is 0 Å². The van der Waals surface area contributed by atoms with Crippen molar-refractivity contribution < 1.29 is 9.53 Å². The van der Waals surface area contributed by atoms with E-state index in [0.29, 0.717) is 10.1 Å². The first-order valence-electron chi connectivity index (χ1n) is 7.71. The van der Waals surface area contributed by atoms with Crippen molar-refractivity contribution in [1.82, 2.24) is 5.32 Å². The monoisotopic (exact) mass is 338 g/mol. The smallest absolute Gasteiger partial charge is 0.264 e. The SMILES string of the molecule is CCc1ccccc1N=C1NC(=O)/C(=C/c2ccc(OC)cc2)S1. The number of benzene rings is 2. The molecule has 0 saturated carbocycles. The van der Waals surface area contributed by atoms with Gasteiger partial charge in [-0.15, -0.1) is 0 Å². The minimum atomic E-state index is -0.122. The summed E-state index contributed by atoms with van der Waals surface area (Å²) in [7, 11) is 1.63. The van der Waals surface area contributed by atoms with Gasteiger partial charge in [0.05, 0.1) is 17.7 Å². The zero-order valence-electron chi connectivity index (χ0n) is 13.6. The lowest BCUT2D eigenvalue weighted by Gasteiger charge is -2.02. The maximum absolute atomic E-state index is 12.2. The Bertz CT molecular complexity index is 810. The molecule has 0 spiro atoms. The van der Waals surface area contributed by atoms with Gasteiger partial charge in [-0.25, -0.2) is 4.99 Å². The summed E-state index contributed by atoms with van der Waals surface area (Å²) in [6, 6.07) is 15.5. The first-order valence-corrected chi connectivity index (χ1v) is 8.53. The highest BCUT2D eigenvalue weighted by Gasteiger charge is 2.23. The van der Waals surface area contributed by atoms with Crippen LogP contribution >= 0.6 is 11.8 Å². The molecule has 1 saturated heterocycles. The van der Waals surface area contributed by atoms with Crippen LogP contribution in [0.15, 0.2) is 58.4 Å². The van der Waals surface area contributed by atoms with E-state index in [1.807, 2.05) is 48.5 Å². The van der Waals surface area contributed by atoms with Gasteiger partial charge in [-0.05, 0) is 53.6 Å². The molecular weight excluding hydrogens is 320 g/mol. The molecule has 1 aliphatic rings. The van der Waals surface area contributed by atoms with Crippen molar-refractivity contribution in [1.29, 1.82) is 0 Å². The molecule has 0 aromatic heterocycles. The predicted octanol–water partition coefficient (Wildman–Crippen LogP) is 4.15. The van der Waals surface area contributed by atoms with Crippen LogP contribution in [0, 0.1) is 0 Å². The fourth-order valence-corrected chi connectivity index (χ4v) is 3.20. The van der Waals surface area contributed by atoms with Crippen LogP contribution < -0.4 is 10.1 Å². The van der Waals surface area contributed by atoms with E-state index < -0.39 is 0 Å². The van der Waals surface area contributed by atoms with E-state index in [-0.39, 0.29) is 5.91 Å². The maximum atomic E-state index is 12.2. The molecule has 2 aromatic rings. The zero-order valence-corrected chi connectivity index (χ0v) is 14.4. The fourth-order valence-electron chi connectivity index (χ4n) is 2.36. The number of rotatable bonds is 4. The summed E-state index contributed by atoms with van der Waals surface area (Å²) in [6.07, 6.45) is 2.76. The number of carbonyl (C=O) groups is 1. The maximum Gasteiger partial charge on any atom is 0.264 e. The minimum Gasteiger partial charge on any atom is -0.497 e. The lowest BCUT2D eigenvalue weighted by Crippen LogP contribution is -2.19. The van der Waals surface area contributed by atoms with E-state index >= 15 is 0 Å². The molecule has 1 heterocycles. The van der Waals surface area contributed by atoms with Gasteiger partial charge in [0.25, 0.3) is 5.91 Å². The Hall–Kier alpha value is -2.53. The number of aryl methyl sites for hydroxylation is 1. The number of methoxy groups -OCH3 is 1. The van der Waals surface area contributed by atoms with Crippen molar-refractivity contribution in [2.24, 2.45) is 4.99 Å². The number of carbonyl (C=O) groups excluding carboxylic acids is 1. The Morgan fingerprint density at radius 2 is 1.92 bits per heavy atom. The third-order valence-corrected chi connectivity index (χ3v) is 4.57. The molecule has 1 fully saturated rings. The van der Waals surface area contributed by atoms with Crippen molar-refractivity contribution >= 4 is 34.6 Å². The van der Waals surface area contributed by atoms with Gasteiger partial charge in [0.2, 0.25) is 0 Å². The van der Waals surface area contributed by atoms with E-state index in [9.17, 15) is 4.79 Å². The second kappa shape index (κ2) is 7.36. The van der Waals surface area contributed by atoms with E-state index in [1.54, 1.807) is 7.11 Å². The molecule has 0 atom stereocenters. The Morgan fingerprint density at radius 3 is 2.62 bits per heavy atom. The van der Waals surface area contributed by atoms with Gasteiger partial charge in [-0.1, -0.05) is 37.3 Å². The van der Waals surface area contributed by atoms with Gasteiger partial charge in [-0.3, -0.25) is 4.79 Å². The molecule has 24 heavy (non-hydrogen) atoms. The highest BCUT2D eigenvalue weighted by atomic mass is 32.2. The summed E-state index contributed by atoms with van der Waals surface area (Å²) in [5, 5.41) is 3.44. The van der Waals surface area contributed by atoms with Crippen molar-refractivity contribution in [2.45, 2.75) is 13.3 Å². The lowest BCUT2D eigenvalue weighted by molar-refractivity contribution is -0.115. The van der Waals surface area contributed by atoms with Crippen LogP contribution in [0.2, 0.25) is 0 Å². The third kappa shape index (κ3) is 3.68. The molecule has 0 radical (unpaired) electrons. The molecule has 0 aliphatic carbocycles. The summed E-state index contributed by atoms with van der Waals surface area (Å²) in [5.41, 5.74) is 3.00. The Kier molecular flexibility index (Phi) is 5.01. The van der Waals surface area contributed by atoms with Crippen LogP contribution in [-0.4, -0.2) is 18.2 Å². The number of para-hydroxylation sites is 1. The van der Waals surface area contributed by atoms with Crippen molar-refractivity contribution in [3.8, 4) is 5.75 Å². The normalized spacial score (nSPS) is 17.3. The highest BCUT2D eigenvalue weighted by molar-refractivity contribution is 8.18. The van der Waals surface area contributed by atoms with Gasteiger partial charge in [-0.2, -0.15) is 0 Å². The number of amides is 1. The molecule has 3 rings (SSSR count). The van der Waals surface area contributed by atoms with Crippen LogP contribution in [0.5, 0.6) is 5.75 Å². The van der Waals surface area contributed by atoms with Gasteiger partial charge in [0.15, 0.2) is 5.17 Å². The van der Waals surface area contributed by atoms with Crippen LogP contribution in [0.4, 0.5) is 5.69 Å². The molecule has 1 amide bonds. The topological polar surface area (TPSA) is 50.7 Å². The first-order chi connectivity index (χ1) is 11.7. The van der Waals surface area contributed by atoms with Crippen LogP contribution in [0.3, 0.4) is 0 Å². The van der Waals surface area contributed by atoms with Gasteiger partial charge < -0.3 is 10.1 Å². The summed E-state index contributed by atoms with van der Waals surface area (Å²) in [5.74, 6) is 0.669. The second-order valence-corrected chi connectivity index (χ2v) is 6.27. The van der Waals surface area contributed by atoms with Crippen molar-refractivity contribution in [3.63, 3.8) is 0 Å². The van der Waals surface area contributed by atoms with Gasteiger partial charge in [0.1, 0.15) is 5.75 Å². The quantitative estimate of drug-likeness (QED) is 0.852. The Balaban J connectivity index is 1.82. The number of aliphatic imine (C=N–C) groups is 1. The zero-order chi connectivity index (χ0) is 16.9. The number of nitrogens with zero attached hydrogens (tertiary/aromatic N) is 1. The Morgan fingerprint density at radius 1 is 1.17 bits per heavy atom. The molecule has 1 N–H and O–H groups in total. The summed E-state index contributed by atoms with van der Waals surface area (Å²) < 4.78 is 5.14. The minimum absolute atomic E-state index is 0.122. The molecule has 0 bridgehead atoms. The Labute approximate surface area is 145 Å². The van der Waals surface area contributed by atoms with Crippen LogP contribution in [0.25, 0.3) is 6.08 Å². The van der Waals surface area contributed by atoms with Crippen LogP contribution in [-0.2, 0) is 11.2 Å². The first kappa shape index (κ1) is 16.3. The molecule has 122 valence electrons. The molecule has 0 unspecified atom stereocenters. The lowest BCUT2D eigenvalue weighted by atomic mass is 10.1. The number of hydrogen-bond donors (Lipinski definition) is 1. The van der Waals surface area contributed by atoms with E-state index in [0.717, 1.165) is 29.0 Å². The molecular formula is C19H18N2O2S. The number of thioether (sulfide) groups is 1. The molecule has 5 heteroatoms. The number of nitrogens with one attached hydrogen (secondary N) is 1.